The van der Waals surface area contributed by atoms with E-state index < -0.39 is 0 Å². The van der Waals surface area contributed by atoms with E-state index in [-0.39, 0.29) is 18.6 Å². The first-order valence-corrected chi connectivity index (χ1v) is 7.38. The Bertz CT molecular complexity index is 519. The zero-order valence-electron chi connectivity index (χ0n) is 13.2. The molecule has 0 aliphatic carbocycles. The monoisotopic (exact) mass is 275 g/mol. The molecule has 0 unspecified atom stereocenters. The summed E-state index contributed by atoms with van der Waals surface area (Å²) in [6.07, 6.45) is 1.89. The average molecular weight is 275 g/mol. The van der Waals surface area contributed by atoms with Gasteiger partial charge in [-0.1, -0.05) is 0 Å². The molecule has 1 aromatic carbocycles. The van der Waals surface area contributed by atoms with Crippen molar-refractivity contribution in [3.8, 4) is 0 Å². The maximum Gasteiger partial charge on any atom is 0.254 e. The van der Waals surface area contributed by atoms with E-state index in [9.17, 15) is 9.90 Å². The number of hydrogen-bond donors (Lipinski definition) is 1. The molecule has 1 amide bonds. The second-order valence-electron chi connectivity index (χ2n) is 5.98. The molecule has 1 heterocycles. The number of carbonyl (C=O) groups excluding carboxylic acids is 1. The number of rotatable bonds is 2. The molecule has 1 N–H and O–H groups in total. The fraction of sp³-hybridized carbons (Fsp3) is 0.588. The van der Waals surface area contributed by atoms with Crippen LogP contribution in [-0.2, 0) is 0 Å². The zero-order chi connectivity index (χ0) is 15.0. The van der Waals surface area contributed by atoms with Crippen LogP contribution in [0.4, 0.5) is 0 Å². The lowest BCUT2D eigenvalue weighted by atomic mass is 9.89. The first-order valence-electron chi connectivity index (χ1n) is 7.38. The fourth-order valence-corrected chi connectivity index (χ4v) is 3.26. The van der Waals surface area contributed by atoms with Crippen LogP contribution in [0.5, 0.6) is 0 Å². The van der Waals surface area contributed by atoms with Gasteiger partial charge in [-0.3, -0.25) is 4.79 Å². The third-order valence-electron chi connectivity index (χ3n) is 5.06. The first-order chi connectivity index (χ1) is 9.40. The van der Waals surface area contributed by atoms with E-state index in [0.717, 1.165) is 36.1 Å². The topological polar surface area (TPSA) is 40.5 Å². The number of likely N-dealkylation sites (tertiary alicyclic amines) is 1. The van der Waals surface area contributed by atoms with E-state index >= 15 is 0 Å². The highest BCUT2D eigenvalue weighted by Gasteiger charge is 2.31. The predicted octanol–water partition coefficient (Wildman–Crippen LogP) is 2.83. The van der Waals surface area contributed by atoms with Crippen molar-refractivity contribution in [3.63, 3.8) is 0 Å². The van der Waals surface area contributed by atoms with Crippen LogP contribution >= 0.6 is 0 Å². The van der Waals surface area contributed by atoms with Crippen molar-refractivity contribution in [3.05, 3.63) is 33.4 Å². The lowest BCUT2D eigenvalue weighted by Crippen LogP contribution is -2.38. The highest BCUT2D eigenvalue weighted by molar-refractivity contribution is 5.98. The highest BCUT2D eigenvalue weighted by Crippen LogP contribution is 2.29. The van der Waals surface area contributed by atoms with Gasteiger partial charge >= 0.3 is 0 Å². The van der Waals surface area contributed by atoms with Crippen molar-refractivity contribution >= 4 is 5.91 Å². The van der Waals surface area contributed by atoms with Crippen LogP contribution in [0.1, 0.15) is 51.0 Å². The largest absolute Gasteiger partial charge is 0.394 e. The fourth-order valence-electron chi connectivity index (χ4n) is 3.26. The number of hydrogen-bond acceptors (Lipinski definition) is 2. The first kappa shape index (κ1) is 15.0. The van der Waals surface area contributed by atoms with Crippen LogP contribution in [0.15, 0.2) is 0 Å². The van der Waals surface area contributed by atoms with E-state index in [1.807, 2.05) is 18.7 Å². The summed E-state index contributed by atoms with van der Waals surface area (Å²) in [6.45, 7) is 11.2. The molecule has 1 fully saturated rings. The van der Waals surface area contributed by atoms with Crippen molar-refractivity contribution in [2.24, 2.45) is 0 Å². The summed E-state index contributed by atoms with van der Waals surface area (Å²) < 4.78 is 0. The van der Waals surface area contributed by atoms with Gasteiger partial charge in [-0.2, -0.15) is 0 Å². The molecule has 1 aromatic rings. The molecule has 0 spiro atoms. The normalized spacial score (nSPS) is 18.7. The minimum Gasteiger partial charge on any atom is -0.394 e. The third-order valence-corrected chi connectivity index (χ3v) is 5.06. The van der Waals surface area contributed by atoms with Gasteiger partial charge in [0.2, 0.25) is 0 Å². The summed E-state index contributed by atoms with van der Waals surface area (Å²) in [5, 5.41) is 9.43. The van der Waals surface area contributed by atoms with Gasteiger partial charge in [0.15, 0.2) is 0 Å². The molecule has 20 heavy (non-hydrogen) atoms. The maximum atomic E-state index is 12.9. The Labute approximate surface area is 121 Å². The summed E-state index contributed by atoms with van der Waals surface area (Å²) in [5.74, 6) is 0.0859. The Kier molecular flexibility index (Phi) is 4.19. The summed E-state index contributed by atoms with van der Waals surface area (Å²) in [7, 11) is 0. The van der Waals surface area contributed by atoms with Crippen molar-refractivity contribution in [2.75, 3.05) is 13.2 Å². The van der Waals surface area contributed by atoms with Crippen LogP contribution in [0.3, 0.4) is 0 Å². The van der Waals surface area contributed by atoms with Crippen LogP contribution in [0.25, 0.3) is 0 Å². The molecule has 1 atom stereocenters. The Morgan fingerprint density at radius 3 is 2.05 bits per heavy atom. The number of carbonyl (C=O) groups is 1. The van der Waals surface area contributed by atoms with Crippen LogP contribution < -0.4 is 0 Å². The second kappa shape index (κ2) is 5.57. The molecule has 1 aliphatic heterocycles. The van der Waals surface area contributed by atoms with Gasteiger partial charge in [-0.05, 0) is 75.3 Å². The van der Waals surface area contributed by atoms with Crippen molar-refractivity contribution < 1.29 is 9.90 Å². The molecule has 0 saturated carbocycles. The molecular weight excluding hydrogens is 250 g/mol. The SMILES string of the molecule is Cc1c(C)c(C)c(C(=O)N2CCC[C@@H]2CO)c(C)c1C. The van der Waals surface area contributed by atoms with E-state index in [2.05, 4.69) is 20.8 Å². The van der Waals surface area contributed by atoms with Gasteiger partial charge in [-0.15, -0.1) is 0 Å². The minimum atomic E-state index is -0.0109. The summed E-state index contributed by atoms with van der Waals surface area (Å²) in [6, 6.07) is -0.0109. The number of amides is 1. The van der Waals surface area contributed by atoms with Crippen LogP contribution in [0.2, 0.25) is 0 Å². The lowest BCUT2D eigenvalue weighted by Gasteiger charge is -2.26. The number of aliphatic hydroxyl groups excluding tert-OH is 1. The van der Waals surface area contributed by atoms with Crippen molar-refractivity contribution in [1.29, 1.82) is 0 Å². The van der Waals surface area contributed by atoms with Gasteiger partial charge < -0.3 is 10.0 Å². The van der Waals surface area contributed by atoms with Crippen molar-refractivity contribution in [2.45, 2.75) is 53.5 Å². The molecule has 3 heteroatoms. The molecule has 0 radical (unpaired) electrons. The molecular formula is C17H25NO2. The van der Waals surface area contributed by atoms with Gasteiger partial charge in [-0.25, -0.2) is 0 Å². The Hall–Kier alpha value is -1.35. The number of aliphatic hydroxyl groups is 1. The van der Waals surface area contributed by atoms with Gasteiger partial charge in [0.05, 0.1) is 12.6 Å². The summed E-state index contributed by atoms with van der Waals surface area (Å²) in [5.41, 5.74) is 6.69. The van der Waals surface area contributed by atoms with E-state index in [1.165, 1.54) is 16.7 Å². The van der Waals surface area contributed by atoms with Gasteiger partial charge in [0.1, 0.15) is 0 Å². The second-order valence-corrected chi connectivity index (χ2v) is 5.98. The Balaban J connectivity index is 2.50. The standard InChI is InChI=1S/C17H25NO2/c1-10-11(2)13(4)16(14(5)12(10)3)17(20)18-8-6-7-15(18)9-19/h15,19H,6-9H2,1-5H3/t15-/m1/s1. The highest BCUT2D eigenvalue weighted by atomic mass is 16.3. The maximum absolute atomic E-state index is 12.9. The number of nitrogens with zero attached hydrogens (tertiary/aromatic N) is 1. The van der Waals surface area contributed by atoms with Gasteiger partial charge in [0.25, 0.3) is 5.91 Å². The molecule has 0 bridgehead atoms. The number of benzene rings is 1. The van der Waals surface area contributed by atoms with Crippen molar-refractivity contribution in [1.82, 2.24) is 4.90 Å². The van der Waals surface area contributed by atoms with Crippen LogP contribution in [-0.4, -0.2) is 35.1 Å². The van der Waals surface area contributed by atoms with Gasteiger partial charge in [0, 0.05) is 12.1 Å². The summed E-state index contributed by atoms with van der Waals surface area (Å²) >= 11 is 0. The molecule has 110 valence electrons. The predicted molar refractivity (Wildman–Crippen MR) is 81.3 cm³/mol. The molecule has 1 aliphatic rings. The van der Waals surface area contributed by atoms with Crippen LogP contribution in [0, 0.1) is 34.6 Å². The lowest BCUT2D eigenvalue weighted by molar-refractivity contribution is 0.0676. The molecule has 3 nitrogen and oxygen atoms in total. The third kappa shape index (κ3) is 2.24. The zero-order valence-corrected chi connectivity index (χ0v) is 13.2. The molecule has 1 saturated heterocycles. The molecule has 0 aromatic heterocycles. The summed E-state index contributed by atoms with van der Waals surface area (Å²) in [4.78, 5) is 14.7. The quantitative estimate of drug-likeness (QED) is 0.901. The average Bonchev–Trinajstić information content (AvgIpc) is 2.91. The minimum absolute atomic E-state index is 0.0109. The van der Waals surface area contributed by atoms with E-state index in [1.54, 1.807) is 0 Å². The van der Waals surface area contributed by atoms with E-state index in [4.69, 9.17) is 0 Å². The molecule has 2 rings (SSSR count). The van der Waals surface area contributed by atoms with E-state index in [0.29, 0.717) is 0 Å². The Morgan fingerprint density at radius 1 is 1.05 bits per heavy atom. The Morgan fingerprint density at radius 2 is 1.55 bits per heavy atom. The smallest absolute Gasteiger partial charge is 0.254 e.